The van der Waals surface area contributed by atoms with Crippen molar-refractivity contribution in [3.05, 3.63) is 59.2 Å². The van der Waals surface area contributed by atoms with E-state index in [9.17, 15) is 29.4 Å². The molecule has 1 saturated heterocycles. The monoisotopic (exact) mass is 483 g/mol. The van der Waals surface area contributed by atoms with Crippen molar-refractivity contribution in [3.63, 3.8) is 0 Å². The fourth-order valence-corrected chi connectivity index (χ4v) is 3.67. The molecule has 0 bridgehead atoms. The van der Waals surface area contributed by atoms with Crippen LogP contribution in [-0.4, -0.2) is 72.1 Å². The molecule has 1 aliphatic heterocycles. The molecule has 184 valence electrons. The van der Waals surface area contributed by atoms with E-state index in [0.717, 1.165) is 0 Å². The van der Waals surface area contributed by atoms with Crippen LogP contribution in [-0.2, 0) is 25.5 Å². The Kier molecular flexibility index (Phi) is 7.79. The van der Waals surface area contributed by atoms with E-state index in [-0.39, 0.29) is 35.8 Å². The van der Waals surface area contributed by atoms with E-state index >= 15 is 0 Å². The van der Waals surface area contributed by atoms with Crippen molar-refractivity contribution >= 4 is 40.9 Å². The molecule has 2 atom stereocenters. The quantitative estimate of drug-likeness (QED) is 0.217. The molecule has 0 saturated carbocycles. The molecule has 12 heteroatoms. The molecule has 1 aliphatic rings. The first kappa shape index (κ1) is 25.3. The molecular formula is C23H25N5O7. The minimum absolute atomic E-state index is 0.0101. The third kappa shape index (κ3) is 5.62. The molecule has 0 aliphatic carbocycles. The molecule has 12 nitrogen and oxygen atoms in total. The van der Waals surface area contributed by atoms with Gasteiger partial charge < -0.3 is 36.2 Å². The van der Waals surface area contributed by atoms with Crippen LogP contribution in [0.5, 0.6) is 0 Å². The molecule has 1 heterocycles. The average molecular weight is 483 g/mol. The smallest absolute Gasteiger partial charge is 0.307 e. The number of morpholine rings is 1. The van der Waals surface area contributed by atoms with Gasteiger partial charge in [-0.1, -0.05) is 12.1 Å². The molecule has 7 N–H and O–H groups in total. The second kappa shape index (κ2) is 10.8. The molecular weight excluding hydrogens is 458 g/mol. The predicted molar refractivity (Wildman–Crippen MR) is 125 cm³/mol. The number of aliphatic hydroxyl groups is 1. The maximum absolute atomic E-state index is 13.2. The summed E-state index contributed by atoms with van der Waals surface area (Å²) < 4.78 is 5.39. The lowest BCUT2D eigenvalue weighted by Gasteiger charge is -2.35. The number of carbonyl (C=O) groups excluding carboxylic acids is 3. The van der Waals surface area contributed by atoms with Gasteiger partial charge in [0.15, 0.2) is 12.2 Å². The second-order valence-corrected chi connectivity index (χ2v) is 7.67. The topological polar surface area (TPSA) is 195 Å². The number of aliphatic hydroxyl groups excluding tert-OH is 1. The van der Waals surface area contributed by atoms with Crippen molar-refractivity contribution in [2.24, 2.45) is 5.73 Å². The van der Waals surface area contributed by atoms with Crippen LogP contribution in [0.4, 0.5) is 11.4 Å². The first-order valence-electron chi connectivity index (χ1n) is 10.6. The molecule has 3 rings (SSSR count). The number of aliphatic carboxylic acids is 1. The number of hydrogen-bond acceptors (Lipinski definition) is 7. The highest BCUT2D eigenvalue weighted by atomic mass is 16.5. The minimum Gasteiger partial charge on any atom is -0.481 e. The zero-order valence-corrected chi connectivity index (χ0v) is 18.8. The number of amides is 3. The number of nitrogens with two attached hydrogens (primary N) is 1. The number of carboxylic acids is 1. The van der Waals surface area contributed by atoms with Gasteiger partial charge >= 0.3 is 5.97 Å². The Morgan fingerprint density at radius 3 is 2.51 bits per heavy atom. The van der Waals surface area contributed by atoms with Gasteiger partial charge in [-0.05, 0) is 35.9 Å². The number of anilines is 2. The highest BCUT2D eigenvalue weighted by molar-refractivity contribution is 6.09. The van der Waals surface area contributed by atoms with E-state index in [4.69, 9.17) is 15.9 Å². The van der Waals surface area contributed by atoms with Crippen LogP contribution >= 0.6 is 0 Å². The van der Waals surface area contributed by atoms with Crippen molar-refractivity contribution in [2.45, 2.75) is 18.6 Å². The molecule has 0 spiro atoms. The summed E-state index contributed by atoms with van der Waals surface area (Å²) in [7, 11) is 1.38. The zero-order chi connectivity index (χ0) is 25.7. The molecule has 1 fully saturated rings. The SMILES string of the molecule is CNC(=O)c1c(CC(=O)O)cccc1N1CCO[C@H](C(O)C(=O)Nc2ccc(C(=N)N)cc2)C1=O. The zero-order valence-electron chi connectivity index (χ0n) is 18.8. The van der Waals surface area contributed by atoms with Crippen molar-refractivity contribution in [1.29, 1.82) is 5.41 Å². The van der Waals surface area contributed by atoms with Crippen LogP contribution < -0.4 is 21.3 Å². The van der Waals surface area contributed by atoms with E-state index in [1.165, 1.54) is 54.4 Å². The Hall–Kier alpha value is -4.29. The van der Waals surface area contributed by atoms with Crippen molar-refractivity contribution in [1.82, 2.24) is 5.32 Å². The summed E-state index contributed by atoms with van der Waals surface area (Å²) in [6.45, 7) is -0.0128. The molecule has 1 unspecified atom stereocenters. The number of carbonyl (C=O) groups is 4. The summed E-state index contributed by atoms with van der Waals surface area (Å²) in [5.41, 5.74) is 6.52. The van der Waals surface area contributed by atoms with Crippen molar-refractivity contribution in [3.8, 4) is 0 Å². The van der Waals surface area contributed by atoms with Gasteiger partial charge in [-0.3, -0.25) is 24.6 Å². The van der Waals surface area contributed by atoms with Gasteiger partial charge in [0.05, 0.1) is 24.3 Å². The van der Waals surface area contributed by atoms with E-state index in [2.05, 4.69) is 10.6 Å². The number of amidine groups is 1. The van der Waals surface area contributed by atoms with Gasteiger partial charge in [-0.15, -0.1) is 0 Å². The van der Waals surface area contributed by atoms with Gasteiger partial charge in [0.2, 0.25) is 0 Å². The first-order valence-corrected chi connectivity index (χ1v) is 10.6. The molecule has 0 radical (unpaired) electrons. The molecule has 35 heavy (non-hydrogen) atoms. The number of rotatable bonds is 8. The standard InChI is InChI=1S/C23H25N5O7/c1-26-21(32)17-13(11-16(29)30)3-2-4-15(17)28-9-10-35-19(23(28)34)18(31)22(33)27-14-7-5-12(6-8-14)20(24)25/h2-8,18-19,31H,9-11H2,1H3,(H3,24,25)(H,26,32)(H,27,33)(H,29,30)/t18?,19-/m1/s1. The van der Waals surface area contributed by atoms with E-state index in [1.54, 1.807) is 0 Å². The van der Waals surface area contributed by atoms with Gasteiger partial charge in [-0.2, -0.15) is 0 Å². The lowest BCUT2D eigenvalue weighted by Crippen LogP contribution is -2.55. The number of nitrogen functional groups attached to an aromatic ring is 1. The van der Waals surface area contributed by atoms with Gasteiger partial charge in [0.25, 0.3) is 17.7 Å². The fourth-order valence-electron chi connectivity index (χ4n) is 3.67. The number of ether oxygens (including phenoxy) is 1. The van der Waals surface area contributed by atoms with Crippen molar-refractivity contribution in [2.75, 3.05) is 30.4 Å². The third-order valence-corrected chi connectivity index (χ3v) is 5.36. The largest absolute Gasteiger partial charge is 0.481 e. The average Bonchev–Trinajstić information content (AvgIpc) is 2.83. The minimum atomic E-state index is -1.87. The van der Waals surface area contributed by atoms with E-state index < -0.39 is 42.3 Å². The van der Waals surface area contributed by atoms with Crippen LogP contribution in [0.3, 0.4) is 0 Å². The maximum Gasteiger partial charge on any atom is 0.307 e. The number of nitrogens with zero attached hydrogens (tertiary/aromatic N) is 1. The number of hydrogen-bond donors (Lipinski definition) is 6. The van der Waals surface area contributed by atoms with Gasteiger partial charge in [-0.25, -0.2) is 0 Å². The summed E-state index contributed by atoms with van der Waals surface area (Å²) in [4.78, 5) is 50.9. The predicted octanol–water partition coefficient (Wildman–Crippen LogP) is -0.311. The summed E-state index contributed by atoms with van der Waals surface area (Å²) in [5.74, 6) is -3.54. The second-order valence-electron chi connectivity index (χ2n) is 7.67. The highest BCUT2D eigenvalue weighted by Gasteiger charge is 2.40. The summed E-state index contributed by atoms with van der Waals surface area (Å²) in [5, 5.41) is 32.1. The number of carboxylic acid groups (broad SMARTS) is 1. The lowest BCUT2D eigenvalue weighted by atomic mass is 9.99. The van der Waals surface area contributed by atoms with E-state index in [1.807, 2.05) is 0 Å². The Labute approximate surface area is 200 Å². The van der Waals surface area contributed by atoms with Gasteiger partial charge in [0.1, 0.15) is 5.84 Å². The Morgan fingerprint density at radius 2 is 1.91 bits per heavy atom. The third-order valence-electron chi connectivity index (χ3n) is 5.36. The van der Waals surface area contributed by atoms with E-state index in [0.29, 0.717) is 11.3 Å². The Bertz CT molecular complexity index is 1170. The van der Waals surface area contributed by atoms with Crippen LogP contribution in [0, 0.1) is 5.41 Å². The number of nitrogens with one attached hydrogen (secondary N) is 3. The fraction of sp³-hybridized carbons (Fsp3) is 0.261. The molecule has 2 aromatic rings. The van der Waals surface area contributed by atoms with Crippen LogP contribution in [0.25, 0.3) is 0 Å². The maximum atomic E-state index is 13.2. The van der Waals surface area contributed by atoms with Crippen LogP contribution in [0.15, 0.2) is 42.5 Å². The van der Waals surface area contributed by atoms with Crippen molar-refractivity contribution < 1.29 is 34.1 Å². The molecule has 2 aromatic carbocycles. The number of benzene rings is 2. The first-order chi connectivity index (χ1) is 16.6. The summed E-state index contributed by atoms with van der Waals surface area (Å²) in [6.07, 6.45) is -3.87. The Balaban J connectivity index is 1.84. The van der Waals surface area contributed by atoms with Crippen LogP contribution in [0.1, 0.15) is 21.5 Å². The normalized spacial score (nSPS) is 16.3. The van der Waals surface area contributed by atoms with Crippen LogP contribution in [0.2, 0.25) is 0 Å². The summed E-state index contributed by atoms with van der Waals surface area (Å²) in [6, 6.07) is 10.5. The highest BCUT2D eigenvalue weighted by Crippen LogP contribution is 2.28. The lowest BCUT2D eigenvalue weighted by molar-refractivity contribution is -0.150. The molecule has 3 amide bonds. The van der Waals surface area contributed by atoms with Gasteiger partial charge in [0, 0.05) is 24.8 Å². The molecule has 0 aromatic heterocycles. The summed E-state index contributed by atoms with van der Waals surface area (Å²) >= 11 is 0. The Morgan fingerprint density at radius 1 is 1.23 bits per heavy atom.